The molecule has 0 saturated heterocycles. The van der Waals surface area contributed by atoms with E-state index in [9.17, 15) is 4.79 Å². The molecule has 0 unspecified atom stereocenters. The zero-order chi connectivity index (χ0) is 10.8. The number of aromatic carboxylic acids is 1. The maximum atomic E-state index is 10.5. The van der Waals surface area contributed by atoms with Crippen LogP contribution >= 0.6 is 22.9 Å². The Labute approximate surface area is 93.1 Å². The van der Waals surface area contributed by atoms with Gasteiger partial charge >= 0.3 is 5.97 Å². The van der Waals surface area contributed by atoms with Gasteiger partial charge in [0.1, 0.15) is 0 Å². The molecular weight excluding hydrogens is 240 g/mol. The van der Waals surface area contributed by atoms with Crippen LogP contribution in [0, 0.1) is 0 Å². The fourth-order valence-electron chi connectivity index (χ4n) is 0.990. The fourth-order valence-corrected chi connectivity index (χ4v) is 1.96. The van der Waals surface area contributed by atoms with E-state index in [0.29, 0.717) is 11.0 Å². The van der Waals surface area contributed by atoms with Crippen LogP contribution in [0.3, 0.4) is 0 Å². The third kappa shape index (κ3) is 2.31. The van der Waals surface area contributed by atoms with Crippen molar-refractivity contribution >= 4 is 28.9 Å². The molecule has 2 rings (SSSR count). The van der Waals surface area contributed by atoms with Gasteiger partial charge in [-0.2, -0.15) is 0 Å². The van der Waals surface area contributed by atoms with Crippen LogP contribution in [-0.2, 0) is 6.54 Å². The number of aromatic nitrogens is 4. The Balaban J connectivity index is 2.14. The number of hydrogen-bond acceptors (Lipinski definition) is 5. The van der Waals surface area contributed by atoms with Gasteiger partial charge < -0.3 is 5.11 Å². The first-order valence-corrected chi connectivity index (χ1v) is 5.08. The van der Waals surface area contributed by atoms with Crippen molar-refractivity contribution in [1.29, 1.82) is 0 Å². The molecule has 0 aliphatic carbocycles. The topological polar surface area (TPSA) is 80.9 Å². The maximum Gasteiger partial charge on any atom is 0.358 e. The molecule has 2 heterocycles. The second-order valence-corrected chi connectivity index (χ2v) is 4.38. The molecule has 6 nitrogen and oxygen atoms in total. The molecule has 78 valence electrons. The van der Waals surface area contributed by atoms with Crippen LogP contribution in [0.15, 0.2) is 12.4 Å². The monoisotopic (exact) mass is 244 g/mol. The number of nitrogens with zero attached hydrogens (tertiary/aromatic N) is 4. The lowest BCUT2D eigenvalue weighted by molar-refractivity contribution is 0.0690. The highest BCUT2D eigenvalue weighted by atomic mass is 35.5. The standard InChI is InChI=1S/C7H5ClN4O2S/c8-7-9-1-4(15-7)2-12-3-5(6(13)14)10-11-12/h1,3H,2H2,(H,13,14). The van der Waals surface area contributed by atoms with E-state index in [1.54, 1.807) is 6.20 Å². The van der Waals surface area contributed by atoms with E-state index in [1.807, 2.05) is 0 Å². The minimum atomic E-state index is -1.09. The van der Waals surface area contributed by atoms with Crippen LogP contribution in [0.25, 0.3) is 0 Å². The second kappa shape index (κ2) is 3.95. The van der Waals surface area contributed by atoms with Gasteiger partial charge in [-0.3, -0.25) is 0 Å². The predicted molar refractivity (Wildman–Crippen MR) is 53.2 cm³/mol. The fraction of sp³-hybridized carbons (Fsp3) is 0.143. The lowest BCUT2D eigenvalue weighted by Crippen LogP contribution is -1.98. The molecule has 0 spiro atoms. The molecule has 0 saturated carbocycles. The molecule has 0 amide bonds. The average Bonchev–Trinajstić information content (AvgIpc) is 2.76. The molecule has 0 fully saturated rings. The molecule has 15 heavy (non-hydrogen) atoms. The summed E-state index contributed by atoms with van der Waals surface area (Å²) in [4.78, 5) is 15.3. The third-order valence-corrected chi connectivity index (χ3v) is 2.70. The summed E-state index contributed by atoms with van der Waals surface area (Å²) in [6, 6.07) is 0. The summed E-state index contributed by atoms with van der Waals surface area (Å²) in [5.41, 5.74) is -0.0781. The summed E-state index contributed by atoms with van der Waals surface area (Å²) in [5, 5.41) is 15.8. The van der Waals surface area contributed by atoms with Crippen molar-refractivity contribution < 1.29 is 9.90 Å². The number of hydrogen-bond donors (Lipinski definition) is 1. The Morgan fingerprint density at radius 1 is 1.67 bits per heavy atom. The maximum absolute atomic E-state index is 10.5. The summed E-state index contributed by atoms with van der Waals surface area (Å²) in [6.45, 7) is 0.421. The molecule has 0 aliphatic heterocycles. The SMILES string of the molecule is O=C(O)c1cn(Cc2cnc(Cl)s2)nn1. The van der Waals surface area contributed by atoms with Gasteiger partial charge in [0, 0.05) is 11.1 Å². The molecule has 1 N–H and O–H groups in total. The number of carbonyl (C=O) groups is 1. The van der Waals surface area contributed by atoms with E-state index in [4.69, 9.17) is 16.7 Å². The number of carboxylic acids is 1. The van der Waals surface area contributed by atoms with E-state index in [1.165, 1.54) is 22.2 Å². The summed E-state index contributed by atoms with van der Waals surface area (Å²) in [7, 11) is 0. The summed E-state index contributed by atoms with van der Waals surface area (Å²) < 4.78 is 1.87. The van der Waals surface area contributed by atoms with Crippen molar-refractivity contribution in [2.24, 2.45) is 0 Å². The zero-order valence-electron chi connectivity index (χ0n) is 7.29. The van der Waals surface area contributed by atoms with Gasteiger partial charge in [0.2, 0.25) is 0 Å². The Hall–Kier alpha value is -1.47. The van der Waals surface area contributed by atoms with Crippen LogP contribution in [0.4, 0.5) is 0 Å². The van der Waals surface area contributed by atoms with Crippen LogP contribution < -0.4 is 0 Å². The molecule has 8 heteroatoms. The Bertz CT molecular complexity index is 495. The largest absolute Gasteiger partial charge is 0.476 e. The zero-order valence-corrected chi connectivity index (χ0v) is 8.86. The Kier molecular flexibility index (Phi) is 2.65. The highest BCUT2D eigenvalue weighted by Gasteiger charge is 2.09. The number of carboxylic acid groups (broad SMARTS) is 1. The van der Waals surface area contributed by atoms with E-state index in [0.717, 1.165) is 4.88 Å². The Morgan fingerprint density at radius 3 is 3.00 bits per heavy atom. The van der Waals surface area contributed by atoms with Crippen molar-refractivity contribution in [1.82, 2.24) is 20.0 Å². The quantitative estimate of drug-likeness (QED) is 0.876. The van der Waals surface area contributed by atoms with Crippen LogP contribution in [0.1, 0.15) is 15.4 Å². The molecular formula is C7H5ClN4O2S. The number of rotatable bonds is 3. The first kappa shape index (κ1) is 10.1. The molecule has 0 aromatic carbocycles. The van der Waals surface area contributed by atoms with Gasteiger partial charge in [0.05, 0.1) is 12.7 Å². The predicted octanol–water partition coefficient (Wildman–Crippen LogP) is 1.13. The van der Waals surface area contributed by atoms with Crippen LogP contribution in [-0.4, -0.2) is 31.1 Å². The van der Waals surface area contributed by atoms with E-state index in [-0.39, 0.29) is 5.69 Å². The smallest absolute Gasteiger partial charge is 0.358 e. The molecule has 0 aliphatic rings. The normalized spacial score (nSPS) is 10.5. The Morgan fingerprint density at radius 2 is 2.47 bits per heavy atom. The van der Waals surface area contributed by atoms with Gasteiger partial charge in [0.25, 0.3) is 0 Å². The molecule has 0 bridgehead atoms. The van der Waals surface area contributed by atoms with E-state index in [2.05, 4.69) is 15.3 Å². The highest BCUT2D eigenvalue weighted by Crippen LogP contribution is 2.18. The second-order valence-electron chi connectivity index (χ2n) is 2.69. The minimum Gasteiger partial charge on any atom is -0.476 e. The third-order valence-electron chi connectivity index (χ3n) is 1.60. The van der Waals surface area contributed by atoms with Gasteiger partial charge in [-0.05, 0) is 0 Å². The van der Waals surface area contributed by atoms with Crippen molar-refractivity contribution in [2.75, 3.05) is 0 Å². The lowest BCUT2D eigenvalue weighted by Gasteiger charge is -1.93. The van der Waals surface area contributed by atoms with E-state index >= 15 is 0 Å². The van der Waals surface area contributed by atoms with Crippen molar-refractivity contribution in [3.8, 4) is 0 Å². The highest BCUT2D eigenvalue weighted by molar-refractivity contribution is 7.15. The molecule has 2 aromatic heterocycles. The van der Waals surface area contributed by atoms with Crippen LogP contribution in [0.2, 0.25) is 4.47 Å². The van der Waals surface area contributed by atoms with Crippen molar-refractivity contribution in [3.05, 3.63) is 27.4 Å². The van der Waals surface area contributed by atoms with Crippen molar-refractivity contribution in [3.63, 3.8) is 0 Å². The summed E-state index contributed by atoms with van der Waals surface area (Å²) in [6.07, 6.45) is 2.98. The molecule has 0 radical (unpaired) electrons. The van der Waals surface area contributed by atoms with Crippen molar-refractivity contribution in [2.45, 2.75) is 6.54 Å². The average molecular weight is 245 g/mol. The first-order valence-electron chi connectivity index (χ1n) is 3.89. The molecule has 2 aromatic rings. The first-order chi connectivity index (χ1) is 7.15. The molecule has 0 atom stereocenters. The summed E-state index contributed by atoms with van der Waals surface area (Å²) in [5.74, 6) is -1.09. The van der Waals surface area contributed by atoms with E-state index < -0.39 is 5.97 Å². The van der Waals surface area contributed by atoms with Gasteiger partial charge in [-0.1, -0.05) is 16.8 Å². The number of halogens is 1. The van der Waals surface area contributed by atoms with Gasteiger partial charge in [-0.25, -0.2) is 14.5 Å². The van der Waals surface area contributed by atoms with Gasteiger partial charge in [0.15, 0.2) is 10.2 Å². The number of thiazole rings is 1. The lowest BCUT2D eigenvalue weighted by atomic mass is 10.5. The minimum absolute atomic E-state index is 0.0781. The van der Waals surface area contributed by atoms with Gasteiger partial charge in [-0.15, -0.1) is 16.4 Å². The summed E-state index contributed by atoms with van der Waals surface area (Å²) >= 11 is 6.97. The van der Waals surface area contributed by atoms with Crippen LogP contribution in [0.5, 0.6) is 0 Å².